The van der Waals surface area contributed by atoms with Crippen molar-refractivity contribution >= 4 is 33.5 Å². The Labute approximate surface area is 181 Å². The van der Waals surface area contributed by atoms with Gasteiger partial charge in [0.1, 0.15) is 5.75 Å². The zero-order valence-electron chi connectivity index (χ0n) is 16.9. The maximum atomic E-state index is 12.8. The Morgan fingerprint density at radius 3 is 2.72 bits per heavy atom. The number of nitrogens with zero attached hydrogens (tertiary/aromatic N) is 1. The van der Waals surface area contributed by atoms with Crippen molar-refractivity contribution in [1.29, 1.82) is 0 Å². The predicted octanol–water partition coefficient (Wildman–Crippen LogP) is 2.17. The third kappa shape index (κ3) is 2.97. The van der Waals surface area contributed by atoms with Crippen LogP contribution in [0.2, 0.25) is 0 Å². The van der Waals surface area contributed by atoms with Crippen LogP contribution in [0.1, 0.15) is 5.56 Å². The molecule has 5 N–H and O–H groups in total. The molecule has 0 bridgehead atoms. The van der Waals surface area contributed by atoms with Crippen LogP contribution < -0.4 is 15.4 Å². The summed E-state index contributed by atoms with van der Waals surface area (Å²) in [5, 5.41) is 28.0. The van der Waals surface area contributed by atoms with Crippen LogP contribution in [0, 0.1) is 11.8 Å². The Balaban J connectivity index is 1.59. The van der Waals surface area contributed by atoms with Crippen molar-refractivity contribution in [2.24, 2.45) is 0 Å². The second-order valence-electron chi connectivity index (χ2n) is 7.50. The van der Waals surface area contributed by atoms with Gasteiger partial charge >= 0.3 is 6.03 Å². The van der Waals surface area contributed by atoms with Gasteiger partial charge in [-0.15, -0.1) is 0 Å². The zero-order chi connectivity index (χ0) is 22.5. The maximum Gasteiger partial charge on any atom is 0.323 e. The van der Waals surface area contributed by atoms with Gasteiger partial charge in [0.15, 0.2) is 11.8 Å². The van der Waals surface area contributed by atoms with E-state index in [-0.39, 0.29) is 18.3 Å². The molecule has 2 aromatic carbocycles. The number of aromatic nitrogens is 2. The van der Waals surface area contributed by atoms with Crippen molar-refractivity contribution in [3.05, 3.63) is 54.4 Å². The predicted molar refractivity (Wildman–Crippen MR) is 116 cm³/mol. The summed E-state index contributed by atoms with van der Waals surface area (Å²) in [4.78, 5) is 27.5. The molecule has 9 nitrogen and oxygen atoms in total. The largest absolute Gasteiger partial charge is 0.497 e. The van der Waals surface area contributed by atoms with E-state index in [1.54, 1.807) is 48.8 Å². The van der Waals surface area contributed by atoms with Gasteiger partial charge in [0.25, 0.3) is 5.91 Å². The lowest BCUT2D eigenvalue weighted by molar-refractivity contribution is -0.122. The fraction of sp³-hybridized carbons (Fsp3) is 0.130. The number of benzene rings is 2. The Morgan fingerprint density at radius 2 is 1.97 bits per heavy atom. The molecule has 160 valence electrons. The van der Waals surface area contributed by atoms with Gasteiger partial charge in [0, 0.05) is 39.5 Å². The summed E-state index contributed by atoms with van der Waals surface area (Å²) < 4.78 is 6.68. The first kappa shape index (κ1) is 19.4. The van der Waals surface area contributed by atoms with Crippen LogP contribution in [-0.2, 0) is 11.3 Å². The molecule has 9 heteroatoms. The van der Waals surface area contributed by atoms with Gasteiger partial charge in [-0.1, -0.05) is 17.9 Å². The number of nitrogens with one attached hydrogen (secondary N) is 3. The van der Waals surface area contributed by atoms with Crippen molar-refractivity contribution in [3.8, 4) is 29.4 Å². The zero-order valence-corrected chi connectivity index (χ0v) is 16.9. The van der Waals surface area contributed by atoms with Crippen molar-refractivity contribution in [2.45, 2.75) is 12.1 Å². The topological polar surface area (TPSA) is 129 Å². The molecule has 0 spiro atoms. The first-order valence-electron chi connectivity index (χ1n) is 9.72. The van der Waals surface area contributed by atoms with Gasteiger partial charge in [-0.05, 0) is 30.3 Å². The average Bonchev–Trinajstić information content (AvgIpc) is 3.40. The van der Waals surface area contributed by atoms with E-state index in [1.807, 2.05) is 0 Å². The fourth-order valence-electron chi connectivity index (χ4n) is 3.89. The number of urea groups is 1. The molecule has 0 radical (unpaired) electrons. The molecule has 0 saturated carbocycles. The van der Waals surface area contributed by atoms with Crippen molar-refractivity contribution < 1.29 is 24.5 Å². The molecule has 1 atom stereocenters. The summed E-state index contributed by atoms with van der Waals surface area (Å²) in [6.07, 6.45) is 3.29. The number of methoxy groups -OCH3 is 1. The molecule has 5 rings (SSSR count). The van der Waals surface area contributed by atoms with Crippen molar-refractivity contribution in [1.82, 2.24) is 20.2 Å². The Kier molecular flexibility index (Phi) is 4.23. The minimum Gasteiger partial charge on any atom is -0.497 e. The second kappa shape index (κ2) is 6.99. The molecule has 1 aliphatic heterocycles. The van der Waals surface area contributed by atoms with Crippen LogP contribution >= 0.6 is 0 Å². The van der Waals surface area contributed by atoms with Crippen LogP contribution in [0.5, 0.6) is 17.5 Å². The number of hydrogen-bond acceptors (Lipinski definition) is 5. The summed E-state index contributed by atoms with van der Waals surface area (Å²) >= 11 is 0. The number of aromatic hydroxyl groups is 2. The van der Waals surface area contributed by atoms with Crippen LogP contribution in [0.15, 0.2) is 48.8 Å². The lowest BCUT2D eigenvalue weighted by Crippen LogP contribution is -2.49. The Morgan fingerprint density at radius 1 is 1.12 bits per heavy atom. The van der Waals surface area contributed by atoms with E-state index in [9.17, 15) is 19.8 Å². The Bertz CT molecular complexity index is 1470. The molecule has 0 aliphatic carbocycles. The molecule has 1 aliphatic rings. The number of hydrogen-bond donors (Lipinski definition) is 5. The highest BCUT2D eigenvalue weighted by atomic mass is 16.5. The molecule has 32 heavy (non-hydrogen) atoms. The number of carbonyl (C=O) groups is 2. The summed E-state index contributed by atoms with van der Waals surface area (Å²) in [6.45, 7) is -0.116. The Hall–Kier alpha value is -4.58. The normalized spacial score (nSPS) is 17.8. The van der Waals surface area contributed by atoms with Gasteiger partial charge in [-0.25, -0.2) is 4.79 Å². The highest BCUT2D eigenvalue weighted by Gasteiger charge is 2.46. The van der Waals surface area contributed by atoms with Crippen molar-refractivity contribution in [2.75, 3.05) is 7.11 Å². The molecule has 2 aromatic heterocycles. The van der Waals surface area contributed by atoms with Gasteiger partial charge in [0.2, 0.25) is 5.54 Å². The van der Waals surface area contributed by atoms with Crippen molar-refractivity contribution in [3.63, 3.8) is 0 Å². The summed E-state index contributed by atoms with van der Waals surface area (Å²) in [7, 11) is 1.53. The highest BCUT2D eigenvalue weighted by molar-refractivity contribution is 6.09. The molecule has 3 heterocycles. The van der Waals surface area contributed by atoms with Crippen LogP contribution in [-0.4, -0.2) is 44.4 Å². The number of imide groups is 1. The van der Waals surface area contributed by atoms with E-state index in [1.165, 1.54) is 11.7 Å². The first-order chi connectivity index (χ1) is 15.4. The van der Waals surface area contributed by atoms with Gasteiger partial charge in [-0.2, -0.15) is 0 Å². The number of rotatable bonds is 3. The van der Waals surface area contributed by atoms with Crippen LogP contribution in [0.4, 0.5) is 4.79 Å². The minimum absolute atomic E-state index is 0.0182. The molecular weight excluding hydrogens is 412 g/mol. The second-order valence-corrected chi connectivity index (χ2v) is 7.50. The molecule has 1 saturated heterocycles. The molecule has 0 unspecified atom stereocenters. The fourth-order valence-corrected chi connectivity index (χ4v) is 3.89. The van der Waals surface area contributed by atoms with E-state index in [0.717, 1.165) is 5.39 Å². The summed E-state index contributed by atoms with van der Waals surface area (Å²) in [6, 6.07) is 9.79. The summed E-state index contributed by atoms with van der Waals surface area (Å²) in [5.41, 5.74) is -1.03. The van der Waals surface area contributed by atoms with E-state index >= 15 is 0 Å². The number of H-pyrrole nitrogens is 1. The first-order valence-corrected chi connectivity index (χ1v) is 9.72. The quantitative estimate of drug-likeness (QED) is 0.251. The summed E-state index contributed by atoms with van der Waals surface area (Å²) in [5.74, 6) is 5.75. The third-order valence-corrected chi connectivity index (χ3v) is 5.54. The maximum absolute atomic E-state index is 12.8. The molecule has 1 fully saturated rings. The number of aromatic amines is 1. The van der Waals surface area contributed by atoms with Crippen LogP contribution in [0.25, 0.3) is 21.5 Å². The monoisotopic (exact) mass is 430 g/mol. The van der Waals surface area contributed by atoms with Gasteiger partial charge in [-0.3, -0.25) is 10.1 Å². The van der Waals surface area contributed by atoms with Gasteiger partial charge < -0.3 is 29.8 Å². The molecule has 4 aromatic rings. The lowest BCUT2D eigenvalue weighted by Gasteiger charge is -2.20. The minimum atomic E-state index is -1.60. The highest BCUT2D eigenvalue weighted by Crippen LogP contribution is 2.32. The van der Waals surface area contributed by atoms with Crippen LogP contribution in [0.3, 0.4) is 0 Å². The molecular formula is C23H18N4O5. The molecule has 3 amide bonds. The van der Waals surface area contributed by atoms with E-state index < -0.39 is 17.5 Å². The van der Waals surface area contributed by atoms with E-state index in [4.69, 9.17) is 4.74 Å². The lowest BCUT2D eigenvalue weighted by atomic mass is 9.99. The van der Waals surface area contributed by atoms with Gasteiger partial charge in [0.05, 0.1) is 13.7 Å². The van der Waals surface area contributed by atoms with E-state index in [0.29, 0.717) is 27.5 Å². The van der Waals surface area contributed by atoms with E-state index in [2.05, 4.69) is 27.5 Å². The number of ether oxygens (including phenoxy) is 1. The third-order valence-electron chi connectivity index (χ3n) is 5.54. The average molecular weight is 430 g/mol. The SMILES string of the molecule is COc1ccc2cn(C[C@@]3(C#Cc4cccc5c(O)[nH]cc45)NC(=O)NC3=O)c(O)c2c1. The number of carbonyl (C=O) groups excluding carboxylic acids is 2. The standard InChI is InChI=1S/C23H18N4O5/c1-32-15-6-5-14-11-27(20(29)17(14)9-15)12-23(21(30)25-22(31)26-23)8-7-13-3-2-4-16-18(13)10-24-19(16)28/h2-6,9-11,24,28-29H,12H2,1H3,(H2,25,26,30,31)/t23-/m1/s1. The number of fused-ring (bicyclic) bond motifs is 2. The smallest absolute Gasteiger partial charge is 0.323 e. The number of amides is 3.